The van der Waals surface area contributed by atoms with Gasteiger partial charge in [0, 0.05) is 56.2 Å². The Morgan fingerprint density at radius 1 is 1.16 bits per heavy atom. The maximum absolute atomic E-state index is 13.4. The van der Waals surface area contributed by atoms with Crippen LogP contribution in [0.15, 0.2) is 35.5 Å². The summed E-state index contributed by atoms with van der Waals surface area (Å²) in [5.74, 6) is 0.0460. The van der Waals surface area contributed by atoms with Crippen molar-refractivity contribution in [3.63, 3.8) is 0 Å². The monoisotopic (exact) mass is 481 g/mol. The quantitative estimate of drug-likeness (QED) is 0.594. The van der Waals surface area contributed by atoms with Crippen LogP contribution in [0.25, 0.3) is 0 Å². The highest BCUT2D eigenvalue weighted by Crippen LogP contribution is 2.24. The molecule has 8 nitrogen and oxygen atoms in total. The zero-order valence-electron chi connectivity index (χ0n) is 18.9. The van der Waals surface area contributed by atoms with Crippen LogP contribution in [0.3, 0.4) is 0 Å². The van der Waals surface area contributed by atoms with Gasteiger partial charge in [-0.2, -0.15) is 9.40 Å². The van der Waals surface area contributed by atoms with Gasteiger partial charge in [0.25, 0.3) is 15.9 Å². The average Bonchev–Trinajstić information content (AvgIpc) is 3.19. The summed E-state index contributed by atoms with van der Waals surface area (Å²) in [4.78, 5) is 14.9. The summed E-state index contributed by atoms with van der Waals surface area (Å²) >= 11 is 5.97. The lowest BCUT2D eigenvalue weighted by Crippen LogP contribution is -2.49. The van der Waals surface area contributed by atoms with Gasteiger partial charge < -0.3 is 10.2 Å². The number of aryl methyl sites for hydroxylation is 1. The smallest absolute Gasteiger partial charge is 0.263 e. The molecule has 0 saturated carbocycles. The van der Waals surface area contributed by atoms with Gasteiger partial charge in [-0.3, -0.25) is 9.48 Å². The van der Waals surface area contributed by atoms with Crippen molar-refractivity contribution in [2.45, 2.75) is 45.2 Å². The summed E-state index contributed by atoms with van der Waals surface area (Å²) in [6, 6.07) is 7.51. The van der Waals surface area contributed by atoms with Crippen molar-refractivity contribution in [3.8, 4) is 0 Å². The lowest BCUT2D eigenvalue weighted by molar-refractivity contribution is 0.0948. The molecule has 0 aliphatic carbocycles. The van der Waals surface area contributed by atoms with Gasteiger partial charge in [-0.25, -0.2) is 8.42 Å². The van der Waals surface area contributed by atoms with E-state index < -0.39 is 15.9 Å². The molecule has 10 heteroatoms. The number of aromatic nitrogens is 2. The largest absolute Gasteiger partial charge is 0.369 e. The number of nitrogens with one attached hydrogen (secondary N) is 1. The summed E-state index contributed by atoms with van der Waals surface area (Å²) in [5, 5.41) is 7.64. The Hall–Kier alpha value is -2.10. The van der Waals surface area contributed by atoms with Gasteiger partial charge in [-0.15, -0.1) is 0 Å². The van der Waals surface area contributed by atoms with Gasteiger partial charge in [0.15, 0.2) is 0 Å². The average molecular weight is 482 g/mol. The molecule has 1 aromatic carbocycles. The lowest BCUT2D eigenvalue weighted by Gasteiger charge is -2.35. The van der Waals surface area contributed by atoms with E-state index in [0.29, 0.717) is 50.2 Å². The highest BCUT2D eigenvalue weighted by Gasteiger charge is 2.34. The molecule has 0 spiro atoms. The number of anilines is 1. The van der Waals surface area contributed by atoms with Crippen LogP contribution in [0.2, 0.25) is 5.02 Å². The van der Waals surface area contributed by atoms with Gasteiger partial charge in [0.2, 0.25) is 5.03 Å². The molecule has 3 rings (SSSR count). The molecule has 176 valence electrons. The Bertz CT molecular complexity index is 1010. The topological polar surface area (TPSA) is 87.5 Å². The number of hydrogen-bond donors (Lipinski definition) is 1. The first-order valence-corrected chi connectivity index (χ1v) is 12.9. The fourth-order valence-electron chi connectivity index (χ4n) is 3.62. The molecule has 0 bridgehead atoms. The lowest BCUT2D eigenvalue weighted by atomic mass is 10.1. The van der Waals surface area contributed by atoms with Gasteiger partial charge in [-0.05, 0) is 43.0 Å². The van der Waals surface area contributed by atoms with Crippen LogP contribution >= 0.6 is 11.6 Å². The van der Waals surface area contributed by atoms with Crippen LogP contribution in [0.5, 0.6) is 0 Å². The van der Waals surface area contributed by atoms with E-state index in [1.165, 1.54) is 4.31 Å². The summed E-state index contributed by atoms with van der Waals surface area (Å²) < 4.78 is 29.8. The summed E-state index contributed by atoms with van der Waals surface area (Å²) in [6.07, 6.45) is 3.16. The van der Waals surface area contributed by atoms with E-state index in [-0.39, 0.29) is 10.6 Å². The van der Waals surface area contributed by atoms with E-state index in [1.54, 1.807) is 10.9 Å². The van der Waals surface area contributed by atoms with E-state index in [2.05, 4.69) is 29.2 Å². The minimum Gasteiger partial charge on any atom is -0.369 e. The van der Waals surface area contributed by atoms with Crippen LogP contribution in [-0.2, 0) is 16.6 Å². The molecule has 1 N–H and O–H groups in total. The van der Waals surface area contributed by atoms with Gasteiger partial charge in [-0.1, -0.05) is 32.4 Å². The molecule has 1 aliphatic heterocycles. The second kappa shape index (κ2) is 10.7. The standard InChI is InChI=1S/C22H32ClN5O3S/c1-4-11-27-16-20(21(29)24-10-9-17(2)3)22(25-27)32(30,31)28-14-12-26(13-15-28)19-7-5-18(23)6-8-19/h5-8,16-17H,4,9-15H2,1-3H3,(H,24,29). The molecule has 0 unspecified atom stereocenters. The zero-order chi connectivity index (χ0) is 23.3. The summed E-state index contributed by atoms with van der Waals surface area (Å²) in [5.41, 5.74) is 1.12. The van der Waals surface area contributed by atoms with Crippen LogP contribution in [0.4, 0.5) is 5.69 Å². The van der Waals surface area contributed by atoms with E-state index in [9.17, 15) is 13.2 Å². The number of hydrogen-bond acceptors (Lipinski definition) is 5. The summed E-state index contributed by atoms with van der Waals surface area (Å²) in [7, 11) is -3.90. The predicted molar refractivity (Wildman–Crippen MR) is 127 cm³/mol. The fourth-order valence-corrected chi connectivity index (χ4v) is 5.27. The Kier molecular flexibility index (Phi) is 8.19. The number of rotatable bonds is 9. The van der Waals surface area contributed by atoms with Crippen LogP contribution in [-0.4, -0.2) is 61.1 Å². The maximum atomic E-state index is 13.4. The Balaban J connectivity index is 1.76. The maximum Gasteiger partial charge on any atom is 0.263 e. The fraction of sp³-hybridized carbons (Fsp3) is 0.545. The number of halogens is 1. The molecule has 1 amide bonds. The minimum absolute atomic E-state index is 0.113. The second-order valence-corrected chi connectivity index (χ2v) is 10.7. The molecular weight excluding hydrogens is 450 g/mol. The molecule has 1 aromatic heterocycles. The SMILES string of the molecule is CCCn1cc(C(=O)NCCC(C)C)c(S(=O)(=O)N2CCN(c3ccc(Cl)cc3)CC2)n1. The molecule has 32 heavy (non-hydrogen) atoms. The molecule has 1 saturated heterocycles. The molecule has 0 radical (unpaired) electrons. The summed E-state index contributed by atoms with van der Waals surface area (Å²) in [6.45, 7) is 8.91. The number of piperazine rings is 1. The Morgan fingerprint density at radius 2 is 1.81 bits per heavy atom. The third-order valence-corrected chi connectivity index (χ3v) is 7.53. The highest BCUT2D eigenvalue weighted by atomic mass is 35.5. The highest BCUT2D eigenvalue weighted by molar-refractivity contribution is 7.89. The minimum atomic E-state index is -3.90. The van der Waals surface area contributed by atoms with Crippen LogP contribution < -0.4 is 10.2 Å². The molecular formula is C22H32ClN5O3S. The van der Waals surface area contributed by atoms with E-state index in [1.807, 2.05) is 31.2 Å². The number of sulfonamides is 1. The van der Waals surface area contributed by atoms with Crippen LogP contribution in [0.1, 0.15) is 44.0 Å². The molecule has 1 aliphatic rings. The van der Waals surface area contributed by atoms with Crippen molar-refractivity contribution in [3.05, 3.63) is 41.0 Å². The van der Waals surface area contributed by atoms with Gasteiger partial charge in [0.1, 0.15) is 0 Å². The second-order valence-electron chi connectivity index (χ2n) is 8.42. The number of carbonyl (C=O) groups excluding carboxylic acids is 1. The normalized spacial score (nSPS) is 15.3. The third-order valence-electron chi connectivity index (χ3n) is 5.45. The Labute approximate surface area is 195 Å². The van der Waals surface area contributed by atoms with Crippen LogP contribution in [0, 0.1) is 5.92 Å². The number of benzene rings is 1. The first-order chi connectivity index (χ1) is 15.2. The van der Waals surface area contributed by atoms with E-state index >= 15 is 0 Å². The first-order valence-electron chi connectivity index (χ1n) is 11.1. The van der Waals surface area contributed by atoms with Gasteiger partial charge in [0.05, 0.1) is 5.56 Å². The first kappa shape index (κ1) is 24.5. The zero-order valence-corrected chi connectivity index (χ0v) is 20.5. The van der Waals surface area contributed by atoms with Crippen molar-refractivity contribution >= 4 is 33.2 Å². The van der Waals surface area contributed by atoms with Crippen molar-refractivity contribution in [2.24, 2.45) is 5.92 Å². The predicted octanol–water partition coefficient (Wildman–Crippen LogP) is 3.23. The van der Waals surface area contributed by atoms with Crippen molar-refractivity contribution in [1.82, 2.24) is 19.4 Å². The molecule has 1 fully saturated rings. The van der Waals surface area contributed by atoms with Crippen molar-refractivity contribution in [1.29, 1.82) is 0 Å². The van der Waals surface area contributed by atoms with Crippen molar-refractivity contribution < 1.29 is 13.2 Å². The molecule has 0 atom stereocenters. The Morgan fingerprint density at radius 3 is 2.41 bits per heavy atom. The van der Waals surface area contributed by atoms with Gasteiger partial charge >= 0.3 is 0 Å². The van der Waals surface area contributed by atoms with E-state index in [4.69, 9.17) is 11.6 Å². The molecule has 2 aromatic rings. The number of carbonyl (C=O) groups is 1. The third kappa shape index (κ3) is 5.82. The number of amides is 1. The number of nitrogens with zero attached hydrogens (tertiary/aromatic N) is 4. The van der Waals surface area contributed by atoms with E-state index in [0.717, 1.165) is 18.5 Å². The van der Waals surface area contributed by atoms with Crippen molar-refractivity contribution in [2.75, 3.05) is 37.6 Å². The molecule has 2 heterocycles.